The van der Waals surface area contributed by atoms with Crippen molar-refractivity contribution in [3.8, 4) is 0 Å². The quantitative estimate of drug-likeness (QED) is 0.656. The highest BCUT2D eigenvalue weighted by molar-refractivity contribution is 8.01. The van der Waals surface area contributed by atoms with Crippen LogP contribution in [0.1, 0.15) is 0 Å². The summed E-state index contributed by atoms with van der Waals surface area (Å²) in [4.78, 5) is 0. The van der Waals surface area contributed by atoms with Gasteiger partial charge >= 0.3 is 0 Å². The number of halogens is 3. The SMILES string of the molecule is FC(F)Sc1ccc(Cl)s1. The van der Waals surface area contributed by atoms with Gasteiger partial charge in [0.25, 0.3) is 5.76 Å². The van der Waals surface area contributed by atoms with E-state index in [2.05, 4.69) is 0 Å². The molecule has 0 unspecified atom stereocenters. The number of hydrogen-bond donors (Lipinski definition) is 0. The van der Waals surface area contributed by atoms with Crippen LogP contribution in [0.3, 0.4) is 0 Å². The van der Waals surface area contributed by atoms with E-state index in [9.17, 15) is 8.78 Å². The molecular formula is C5H3ClF2S2. The molecule has 0 saturated carbocycles. The van der Waals surface area contributed by atoms with Crippen molar-refractivity contribution in [3.05, 3.63) is 16.5 Å². The fourth-order valence-corrected chi connectivity index (χ4v) is 2.37. The zero-order valence-electron chi connectivity index (χ0n) is 4.68. The molecule has 0 nitrogen and oxygen atoms in total. The minimum Gasteiger partial charge on any atom is -0.198 e. The Hall–Kier alpha value is 0.200. The van der Waals surface area contributed by atoms with Gasteiger partial charge in [-0.1, -0.05) is 11.6 Å². The largest absolute Gasteiger partial charge is 0.289 e. The molecule has 0 fully saturated rings. The fourth-order valence-electron chi connectivity index (χ4n) is 0.449. The molecule has 0 aromatic carbocycles. The van der Waals surface area contributed by atoms with Crippen LogP contribution in [-0.4, -0.2) is 5.76 Å². The molecule has 1 aromatic heterocycles. The Kier molecular flexibility index (Phi) is 2.95. The van der Waals surface area contributed by atoms with Crippen LogP contribution in [0.5, 0.6) is 0 Å². The first-order chi connectivity index (χ1) is 4.68. The van der Waals surface area contributed by atoms with Gasteiger partial charge in [0.2, 0.25) is 0 Å². The minimum absolute atomic E-state index is 0.520. The fraction of sp³-hybridized carbons (Fsp3) is 0.200. The smallest absolute Gasteiger partial charge is 0.198 e. The first-order valence-electron chi connectivity index (χ1n) is 2.38. The van der Waals surface area contributed by atoms with Crippen molar-refractivity contribution in [1.29, 1.82) is 0 Å². The molecule has 1 rings (SSSR count). The Morgan fingerprint density at radius 1 is 1.50 bits per heavy atom. The molecule has 0 aliphatic rings. The van der Waals surface area contributed by atoms with E-state index in [-0.39, 0.29) is 0 Å². The van der Waals surface area contributed by atoms with E-state index < -0.39 is 5.76 Å². The first-order valence-corrected chi connectivity index (χ1v) is 4.46. The van der Waals surface area contributed by atoms with Crippen LogP contribution in [0.2, 0.25) is 4.34 Å². The van der Waals surface area contributed by atoms with Crippen LogP contribution in [0, 0.1) is 0 Å². The molecule has 0 bridgehead atoms. The molecule has 0 saturated heterocycles. The minimum atomic E-state index is -2.35. The summed E-state index contributed by atoms with van der Waals surface area (Å²) >= 11 is 7.19. The zero-order chi connectivity index (χ0) is 7.56. The van der Waals surface area contributed by atoms with E-state index in [1.807, 2.05) is 0 Å². The summed E-state index contributed by atoms with van der Waals surface area (Å²) in [5.41, 5.74) is 0. The van der Waals surface area contributed by atoms with Gasteiger partial charge in [0.05, 0.1) is 8.55 Å². The van der Waals surface area contributed by atoms with Crippen molar-refractivity contribution >= 4 is 34.7 Å². The maximum Gasteiger partial charge on any atom is 0.289 e. The van der Waals surface area contributed by atoms with E-state index in [0.717, 1.165) is 11.3 Å². The lowest BCUT2D eigenvalue weighted by molar-refractivity contribution is 0.252. The maximum atomic E-state index is 11.7. The molecule has 0 aliphatic carbocycles. The lowest BCUT2D eigenvalue weighted by Gasteiger charge is -1.91. The maximum absolute atomic E-state index is 11.7. The summed E-state index contributed by atoms with van der Waals surface area (Å²) in [6, 6.07) is 3.20. The molecule has 56 valence electrons. The molecule has 0 atom stereocenters. The van der Waals surface area contributed by atoms with E-state index >= 15 is 0 Å². The Bertz CT molecular complexity index is 211. The molecule has 10 heavy (non-hydrogen) atoms. The number of rotatable bonds is 2. The third kappa shape index (κ3) is 2.44. The highest BCUT2D eigenvalue weighted by atomic mass is 35.5. The van der Waals surface area contributed by atoms with Crippen molar-refractivity contribution in [3.63, 3.8) is 0 Å². The molecule has 0 amide bonds. The Labute approximate surface area is 70.2 Å². The third-order valence-electron chi connectivity index (χ3n) is 0.754. The van der Waals surface area contributed by atoms with Crippen molar-refractivity contribution in [1.82, 2.24) is 0 Å². The second-order valence-electron chi connectivity index (χ2n) is 1.44. The van der Waals surface area contributed by atoms with E-state index in [0.29, 0.717) is 20.3 Å². The van der Waals surface area contributed by atoms with Gasteiger partial charge in [-0.05, 0) is 23.9 Å². The average Bonchev–Trinajstić information content (AvgIpc) is 2.13. The summed E-state index contributed by atoms with van der Waals surface area (Å²) in [6.45, 7) is 0. The summed E-state index contributed by atoms with van der Waals surface area (Å²) in [6.07, 6.45) is 0. The normalized spacial score (nSPS) is 10.8. The van der Waals surface area contributed by atoms with Crippen LogP contribution in [0.4, 0.5) is 8.78 Å². The zero-order valence-corrected chi connectivity index (χ0v) is 7.07. The van der Waals surface area contributed by atoms with Gasteiger partial charge in [0.1, 0.15) is 0 Å². The lowest BCUT2D eigenvalue weighted by atomic mass is 10.7. The van der Waals surface area contributed by atoms with Gasteiger partial charge in [0, 0.05) is 0 Å². The predicted molar refractivity (Wildman–Crippen MR) is 41.2 cm³/mol. The van der Waals surface area contributed by atoms with Crippen molar-refractivity contribution in [2.45, 2.75) is 9.97 Å². The number of hydrogen-bond acceptors (Lipinski definition) is 2. The Morgan fingerprint density at radius 2 is 2.20 bits per heavy atom. The molecule has 0 aliphatic heterocycles. The first kappa shape index (κ1) is 8.30. The second kappa shape index (κ2) is 3.55. The van der Waals surface area contributed by atoms with Gasteiger partial charge in [-0.3, -0.25) is 0 Å². The molecule has 5 heteroatoms. The molecule has 1 aromatic rings. The molecule has 0 N–H and O–H groups in total. The van der Waals surface area contributed by atoms with Crippen LogP contribution in [0.15, 0.2) is 16.3 Å². The molecule has 0 radical (unpaired) electrons. The highest BCUT2D eigenvalue weighted by Gasteiger charge is 2.06. The van der Waals surface area contributed by atoms with Crippen LogP contribution in [0.25, 0.3) is 0 Å². The summed E-state index contributed by atoms with van der Waals surface area (Å²) < 4.78 is 24.4. The number of thiophene rings is 1. The second-order valence-corrected chi connectivity index (χ2v) is 4.44. The summed E-state index contributed by atoms with van der Waals surface area (Å²) in [5, 5.41) is 0. The van der Waals surface area contributed by atoms with Crippen LogP contribution >= 0.6 is 34.7 Å². The van der Waals surface area contributed by atoms with Crippen molar-refractivity contribution < 1.29 is 8.78 Å². The lowest BCUT2D eigenvalue weighted by Crippen LogP contribution is -1.75. The topological polar surface area (TPSA) is 0 Å². The van der Waals surface area contributed by atoms with Crippen molar-refractivity contribution in [2.24, 2.45) is 0 Å². The van der Waals surface area contributed by atoms with Gasteiger partial charge in [-0.15, -0.1) is 11.3 Å². The van der Waals surface area contributed by atoms with Crippen LogP contribution in [-0.2, 0) is 0 Å². The molecule has 0 spiro atoms. The molecular weight excluding hydrogens is 198 g/mol. The standard InChI is InChI=1S/C5H3ClF2S2/c6-3-1-2-4(9-3)10-5(7)8/h1-2,5H. The van der Waals surface area contributed by atoms with E-state index in [4.69, 9.17) is 11.6 Å². The van der Waals surface area contributed by atoms with Gasteiger partial charge in [0.15, 0.2) is 0 Å². The van der Waals surface area contributed by atoms with Crippen molar-refractivity contribution in [2.75, 3.05) is 0 Å². The van der Waals surface area contributed by atoms with Crippen LogP contribution < -0.4 is 0 Å². The number of thioether (sulfide) groups is 1. The van der Waals surface area contributed by atoms with Gasteiger partial charge < -0.3 is 0 Å². The Morgan fingerprint density at radius 3 is 2.60 bits per heavy atom. The predicted octanol–water partition coefficient (Wildman–Crippen LogP) is 3.72. The van der Waals surface area contributed by atoms with E-state index in [1.165, 1.54) is 0 Å². The third-order valence-corrected chi connectivity index (χ3v) is 2.86. The van der Waals surface area contributed by atoms with Gasteiger partial charge in [-0.25, -0.2) is 0 Å². The number of alkyl halides is 2. The summed E-state index contributed by atoms with van der Waals surface area (Å²) in [7, 11) is 0. The van der Waals surface area contributed by atoms with E-state index in [1.54, 1.807) is 12.1 Å². The monoisotopic (exact) mass is 200 g/mol. The Balaban J connectivity index is 2.58. The van der Waals surface area contributed by atoms with Gasteiger partial charge in [-0.2, -0.15) is 8.78 Å². The average molecular weight is 201 g/mol. The highest BCUT2D eigenvalue weighted by Crippen LogP contribution is 2.33. The summed E-state index contributed by atoms with van der Waals surface area (Å²) in [5.74, 6) is -2.35. The molecule has 1 heterocycles.